The first-order valence-corrected chi connectivity index (χ1v) is 9.07. The normalized spacial score (nSPS) is 36.0. The van der Waals surface area contributed by atoms with Crippen LogP contribution >= 0.6 is 0 Å². The van der Waals surface area contributed by atoms with Crippen LogP contribution in [0.15, 0.2) is 0 Å². The van der Waals surface area contributed by atoms with Gasteiger partial charge in [0.05, 0.1) is 6.61 Å². The number of piperazine rings is 1. The number of nitrogens with zero attached hydrogens (tertiary/aromatic N) is 2. The van der Waals surface area contributed by atoms with Crippen LogP contribution in [0.1, 0.15) is 45.4 Å². The fraction of sp³-hybridized carbons (Fsp3) is 1.00. The number of hydrogen-bond donors (Lipinski definition) is 2. The van der Waals surface area contributed by atoms with Crippen molar-refractivity contribution < 1.29 is 5.11 Å². The van der Waals surface area contributed by atoms with Gasteiger partial charge in [0, 0.05) is 44.3 Å². The maximum atomic E-state index is 9.85. The molecule has 2 atom stereocenters. The van der Waals surface area contributed by atoms with Gasteiger partial charge in [-0.2, -0.15) is 0 Å². The molecule has 3 fully saturated rings. The molecule has 2 unspecified atom stereocenters. The largest absolute Gasteiger partial charge is 0.394 e. The lowest BCUT2D eigenvalue weighted by atomic mass is 9.78. The molecule has 21 heavy (non-hydrogen) atoms. The van der Waals surface area contributed by atoms with Gasteiger partial charge in [0.1, 0.15) is 0 Å². The van der Waals surface area contributed by atoms with E-state index in [0.717, 1.165) is 25.3 Å². The number of nitrogens with one attached hydrogen (secondary N) is 1. The van der Waals surface area contributed by atoms with Crippen molar-refractivity contribution in [2.24, 2.45) is 5.92 Å². The Hall–Kier alpha value is -0.160. The van der Waals surface area contributed by atoms with E-state index >= 15 is 0 Å². The Labute approximate surface area is 129 Å². The lowest BCUT2D eigenvalue weighted by Gasteiger charge is -2.46. The maximum absolute atomic E-state index is 9.85. The molecular formula is C17H33N3O. The lowest BCUT2D eigenvalue weighted by Crippen LogP contribution is -2.58. The molecular weight excluding hydrogens is 262 g/mol. The highest BCUT2D eigenvalue weighted by Gasteiger charge is 2.38. The van der Waals surface area contributed by atoms with Gasteiger partial charge >= 0.3 is 0 Å². The minimum absolute atomic E-state index is 0.0111. The van der Waals surface area contributed by atoms with Gasteiger partial charge in [0.25, 0.3) is 0 Å². The monoisotopic (exact) mass is 295 g/mol. The fourth-order valence-electron chi connectivity index (χ4n) is 4.35. The second kappa shape index (κ2) is 6.95. The molecule has 4 heteroatoms. The summed E-state index contributed by atoms with van der Waals surface area (Å²) in [5, 5.41) is 13.4. The van der Waals surface area contributed by atoms with Gasteiger partial charge in [0.15, 0.2) is 0 Å². The molecule has 0 amide bonds. The predicted octanol–water partition coefficient (Wildman–Crippen LogP) is 1.30. The van der Waals surface area contributed by atoms with Crippen LogP contribution in [0.2, 0.25) is 0 Å². The van der Waals surface area contributed by atoms with Crippen LogP contribution in [0.3, 0.4) is 0 Å². The zero-order valence-corrected chi connectivity index (χ0v) is 13.7. The number of aliphatic hydroxyl groups excluding tert-OH is 1. The van der Waals surface area contributed by atoms with Gasteiger partial charge in [-0.15, -0.1) is 0 Å². The Bertz CT molecular complexity index is 322. The summed E-state index contributed by atoms with van der Waals surface area (Å²) in [5.74, 6) is 1.02. The smallest absolute Gasteiger partial charge is 0.0613 e. The van der Waals surface area contributed by atoms with E-state index in [2.05, 4.69) is 22.0 Å². The highest BCUT2D eigenvalue weighted by atomic mass is 16.3. The topological polar surface area (TPSA) is 38.7 Å². The standard InChI is InChI=1S/C17H33N3O/c1-2-18-17(14-21)7-3-4-16(12-17)20-10-8-19(9-11-20)13-15-5-6-15/h15-16,18,21H,2-14H2,1H3. The molecule has 3 aliphatic rings. The van der Waals surface area contributed by atoms with E-state index in [9.17, 15) is 5.11 Å². The van der Waals surface area contributed by atoms with Crippen molar-refractivity contribution >= 4 is 0 Å². The number of hydrogen-bond acceptors (Lipinski definition) is 4. The molecule has 0 spiro atoms. The van der Waals surface area contributed by atoms with E-state index in [-0.39, 0.29) is 5.54 Å². The highest BCUT2D eigenvalue weighted by Crippen LogP contribution is 2.33. The van der Waals surface area contributed by atoms with Gasteiger partial charge in [-0.25, -0.2) is 0 Å². The van der Waals surface area contributed by atoms with Crippen molar-refractivity contribution in [3.05, 3.63) is 0 Å². The zero-order valence-electron chi connectivity index (χ0n) is 13.7. The highest BCUT2D eigenvalue weighted by molar-refractivity contribution is 4.97. The van der Waals surface area contributed by atoms with Crippen molar-refractivity contribution in [3.8, 4) is 0 Å². The average molecular weight is 295 g/mol. The minimum Gasteiger partial charge on any atom is -0.394 e. The molecule has 2 N–H and O–H groups in total. The summed E-state index contributed by atoms with van der Waals surface area (Å²) in [7, 11) is 0. The van der Waals surface area contributed by atoms with E-state index in [1.807, 2.05) is 0 Å². The van der Waals surface area contributed by atoms with Crippen molar-refractivity contribution in [3.63, 3.8) is 0 Å². The van der Waals surface area contributed by atoms with Gasteiger partial charge in [-0.3, -0.25) is 4.90 Å². The molecule has 3 rings (SSSR count). The Balaban J connectivity index is 1.49. The van der Waals surface area contributed by atoms with Crippen molar-refractivity contribution in [2.45, 2.75) is 57.0 Å². The second-order valence-electron chi connectivity index (χ2n) is 7.50. The third-order valence-corrected chi connectivity index (χ3v) is 5.81. The molecule has 2 aliphatic carbocycles. The number of aliphatic hydroxyl groups is 1. The SMILES string of the molecule is CCNC1(CO)CCCC(N2CCN(CC3CC3)CC2)C1. The summed E-state index contributed by atoms with van der Waals surface area (Å²) in [6.45, 7) is 9.70. The van der Waals surface area contributed by atoms with Crippen LogP contribution in [0.5, 0.6) is 0 Å². The van der Waals surface area contributed by atoms with Crippen molar-refractivity contribution in [2.75, 3.05) is 45.9 Å². The van der Waals surface area contributed by atoms with E-state index in [1.54, 1.807) is 0 Å². The minimum atomic E-state index is -0.0111. The molecule has 0 aromatic rings. The molecule has 0 aromatic carbocycles. The van der Waals surface area contributed by atoms with Gasteiger partial charge in [0.2, 0.25) is 0 Å². The summed E-state index contributed by atoms with van der Waals surface area (Å²) in [6, 6.07) is 0.674. The van der Waals surface area contributed by atoms with Crippen LogP contribution in [0, 0.1) is 5.92 Å². The van der Waals surface area contributed by atoms with Gasteiger partial charge in [-0.1, -0.05) is 6.92 Å². The van der Waals surface area contributed by atoms with Crippen molar-refractivity contribution in [1.82, 2.24) is 15.1 Å². The molecule has 122 valence electrons. The quantitative estimate of drug-likeness (QED) is 0.775. The van der Waals surface area contributed by atoms with Gasteiger partial charge in [-0.05, 0) is 51.0 Å². The Kier molecular flexibility index (Phi) is 5.20. The van der Waals surface area contributed by atoms with Crippen LogP contribution < -0.4 is 5.32 Å². The summed E-state index contributed by atoms with van der Waals surface area (Å²) in [6.07, 6.45) is 7.75. The molecule has 0 radical (unpaired) electrons. The predicted molar refractivity (Wildman–Crippen MR) is 86.5 cm³/mol. The van der Waals surface area contributed by atoms with Crippen LogP contribution in [-0.4, -0.2) is 72.4 Å². The molecule has 1 heterocycles. The third-order valence-electron chi connectivity index (χ3n) is 5.81. The Morgan fingerprint density at radius 2 is 1.90 bits per heavy atom. The first-order chi connectivity index (χ1) is 10.2. The second-order valence-corrected chi connectivity index (χ2v) is 7.50. The summed E-state index contributed by atoms with van der Waals surface area (Å²) >= 11 is 0. The van der Waals surface area contributed by atoms with E-state index in [0.29, 0.717) is 12.6 Å². The number of rotatable bonds is 6. The van der Waals surface area contributed by atoms with E-state index < -0.39 is 0 Å². The molecule has 4 nitrogen and oxygen atoms in total. The van der Waals surface area contributed by atoms with Crippen LogP contribution in [-0.2, 0) is 0 Å². The van der Waals surface area contributed by atoms with E-state index in [1.165, 1.54) is 58.4 Å². The van der Waals surface area contributed by atoms with Crippen LogP contribution in [0.25, 0.3) is 0 Å². The first-order valence-electron chi connectivity index (χ1n) is 9.07. The number of likely N-dealkylation sites (N-methyl/N-ethyl adjacent to an activating group) is 1. The Morgan fingerprint density at radius 1 is 1.14 bits per heavy atom. The molecule has 1 aliphatic heterocycles. The fourth-order valence-corrected chi connectivity index (χ4v) is 4.35. The zero-order chi connectivity index (χ0) is 14.7. The average Bonchev–Trinajstić information content (AvgIpc) is 3.33. The molecule has 0 bridgehead atoms. The van der Waals surface area contributed by atoms with Gasteiger partial charge < -0.3 is 15.3 Å². The first kappa shape index (κ1) is 15.7. The summed E-state index contributed by atoms with van der Waals surface area (Å²) in [4.78, 5) is 5.37. The molecule has 1 saturated heterocycles. The summed E-state index contributed by atoms with van der Waals surface area (Å²) < 4.78 is 0. The lowest BCUT2D eigenvalue weighted by molar-refractivity contribution is 0.0322. The van der Waals surface area contributed by atoms with Crippen molar-refractivity contribution in [1.29, 1.82) is 0 Å². The third kappa shape index (κ3) is 3.98. The van der Waals surface area contributed by atoms with Crippen LogP contribution in [0.4, 0.5) is 0 Å². The maximum Gasteiger partial charge on any atom is 0.0613 e. The summed E-state index contributed by atoms with van der Waals surface area (Å²) in [5.41, 5.74) is -0.0111. The van der Waals surface area contributed by atoms with E-state index in [4.69, 9.17) is 0 Å². The molecule has 0 aromatic heterocycles. The Morgan fingerprint density at radius 3 is 2.52 bits per heavy atom. The molecule has 2 saturated carbocycles.